The number of rotatable bonds is 4. The van der Waals surface area contributed by atoms with Gasteiger partial charge in [0.25, 0.3) is 11.7 Å². The van der Waals surface area contributed by atoms with Gasteiger partial charge in [0.2, 0.25) is 0 Å². The quantitative estimate of drug-likeness (QED) is 0.328. The molecule has 2 heterocycles. The first kappa shape index (κ1) is 20.3. The fourth-order valence-electron chi connectivity index (χ4n) is 3.53. The SMILES string of the molecule is Cc1ccc(/C(O)=C2\C(=O)C(=O)N(Cc3ccco3)[C@H]2c2ccc(Cl)cc2Cl)cc1. The Kier molecular flexibility index (Phi) is 5.41. The van der Waals surface area contributed by atoms with Crippen LogP contribution >= 0.6 is 23.2 Å². The van der Waals surface area contributed by atoms with E-state index in [-0.39, 0.29) is 22.9 Å². The third-order valence-electron chi connectivity index (χ3n) is 5.03. The topological polar surface area (TPSA) is 70.8 Å². The third-order valence-corrected chi connectivity index (χ3v) is 5.59. The van der Waals surface area contributed by atoms with Gasteiger partial charge in [0.15, 0.2) is 0 Å². The molecule has 1 fully saturated rings. The van der Waals surface area contributed by atoms with Crippen LogP contribution in [0.25, 0.3) is 5.76 Å². The maximum Gasteiger partial charge on any atom is 0.296 e. The number of amides is 1. The molecular formula is C23H17Cl2NO4. The van der Waals surface area contributed by atoms with E-state index >= 15 is 0 Å². The first-order chi connectivity index (χ1) is 14.4. The highest BCUT2D eigenvalue weighted by Gasteiger charge is 2.47. The molecule has 0 bridgehead atoms. The smallest absolute Gasteiger partial charge is 0.296 e. The molecule has 1 amide bonds. The van der Waals surface area contributed by atoms with Crippen LogP contribution in [0.2, 0.25) is 10.0 Å². The highest BCUT2D eigenvalue weighted by atomic mass is 35.5. The number of nitrogens with zero attached hydrogens (tertiary/aromatic N) is 1. The van der Waals surface area contributed by atoms with Gasteiger partial charge in [-0.2, -0.15) is 0 Å². The lowest BCUT2D eigenvalue weighted by Gasteiger charge is -2.25. The van der Waals surface area contributed by atoms with Crippen LogP contribution in [0, 0.1) is 6.92 Å². The number of aliphatic hydroxyl groups is 1. The van der Waals surface area contributed by atoms with Crippen LogP contribution < -0.4 is 0 Å². The minimum absolute atomic E-state index is 0.0281. The zero-order valence-corrected chi connectivity index (χ0v) is 17.4. The number of aryl methyl sites for hydroxylation is 1. The molecule has 0 unspecified atom stereocenters. The van der Waals surface area contributed by atoms with Crippen molar-refractivity contribution in [1.82, 2.24) is 4.90 Å². The molecule has 1 aromatic heterocycles. The van der Waals surface area contributed by atoms with Crippen molar-refractivity contribution in [3.63, 3.8) is 0 Å². The standard InChI is InChI=1S/C23H17Cl2NO4/c1-13-4-6-14(7-5-13)21(27)19-20(17-9-8-15(24)11-18(17)25)26(23(29)22(19)28)12-16-3-2-10-30-16/h2-11,20,27H,12H2,1H3/b21-19+/t20-/m0/s1. The van der Waals surface area contributed by atoms with Gasteiger partial charge in [0.1, 0.15) is 11.5 Å². The van der Waals surface area contributed by atoms with Crippen LogP contribution in [0.3, 0.4) is 0 Å². The normalized spacial score (nSPS) is 18.2. The van der Waals surface area contributed by atoms with Gasteiger partial charge in [-0.1, -0.05) is 59.1 Å². The van der Waals surface area contributed by atoms with E-state index in [0.717, 1.165) is 5.56 Å². The molecule has 0 radical (unpaired) electrons. The fourth-order valence-corrected chi connectivity index (χ4v) is 4.04. The predicted molar refractivity (Wildman–Crippen MR) is 114 cm³/mol. The summed E-state index contributed by atoms with van der Waals surface area (Å²) in [7, 11) is 0. The molecule has 0 spiro atoms. The molecule has 1 N–H and O–H groups in total. The molecule has 5 nitrogen and oxygen atoms in total. The summed E-state index contributed by atoms with van der Waals surface area (Å²) in [5, 5.41) is 11.7. The van der Waals surface area contributed by atoms with Crippen molar-refractivity contribution in [2.45, 2.75) is 19.5 Å². The van der Waals surface area contributed by atoms with Crippen LogP contribution in [0.15, 0.2) is 70.9 Å². The maximum absolute atomic E-state index is 13.0. The lowest BCUT2D eigenvalue weighted by molar-refractivity contribution is -0.140. The molecule has 30 heavy (non-hydrogen) atoms. The number of likely N-dealkylation sites (tertiary alicyclic amines) is 1. The zero-order valence-electron chi connectivity index (χ0n) is 15.9. The summed E-state index contributed by atoms with van der Waals surface area (Å²) in [6.07, 6.45) is 1.49. The van der Waals surface area contributed by atoms with Gasteiger partial charge in [-0.05, 0) is 36.8 Å². The Morgan fingerprint density at radius 3 is 2.47 bits per heavy atom. The Morgan fingerprint density at radius 2 is 1.83 bits per heavy atom. The van der Waals surface area contributed by atoms with Crippen LogP contribution in [-0.2, 0) is 16.1 Å². The highest BCUT2D eigenvalue weighted by molar-refractivity contribution is 6.47. The largest absolute Gasteiger partial charge is 0.507 e. The Bertz CT molecular complexity index is 1150. The van der Waals surface area contributed by atoms with Crippen molar-refractivity contribution < 1.29 is 19.1 Å². The summed E-state index contributed by atoms with van der Waals surface area (Å²) < 4.78 is 5.37. The van der Waals surface area contributed by atoms with Crippen molar-refractivity contribution >= 4 is 40.7 Å². The average Bonchev–Trinajstić information content (AvgIpc) is 3.31. The van der Waals surface area contributed by atoms with Gasteiger partial charge >= 0.3 is 0 Å². The Labute approximate surface area is 183 Å². The van der Waals surface area contributed by atoms with Crippen LogP contribution in [-0.4, -0.2) is 21.7 Å². The van der Waals surface area contributed by atoms with Crippen LogP contribution in [0.1, 0.15) is 28.5 Å². The number of hydrogen-bond donors (Lipinski definition) is 1. The number of furan rings is 1. The van der Waals surface area contributed by atoms with Gasteiger partial charge < -0.3 is 14.4 Å². The van der Waals surface area contributed by atoms with Crippen molar-refractivity contribution in [2.24, 2.45) is 0 Å². The van der Waals surface area contributed by atoms with Crippen LogP contribution in [0.4, 0.5) is 0 Å². The molecule has 4 rings (SSSR count). The number of hydrogen-bond acceptors (Lipinski definition) is 4. The lowest BCUT2D eigenvalue weighted by atomic mass is 9.95. The number of ketones is 1. The molecule has 3 aromatic rings. The van der Waals surface area contributed by atoms with E-state index in [0.29, 0.717) is 21.9 Å². The lowest BCUT2D eigenvalue weighted by Crippen LogP contribution is -2.29. The molecule has 7 heteroatoms. The summed E-state index contributed by atoms with van der Waals surface area (Å²) >= 11 is 12.5. The zero-order chi connectivity index (χ0) is 21.4. The van der Waals surface area contributed by atoms with E-state index in [4.69, 9.17) is 27.6 Å². The number of Topliss-reactive ketones (excluding diaryl/α,β-unsaturated/α-hetero) is 1. The second kappa shape index (κ2) is 8.01. The summed E-state index contributed by atoms with van der Waals surface area (Å²) in [5.74, 6) is -1.28. The molecule has 1 saturated heterocycles. The van der Waals surface area contributed by atoms with Crippen molar-refractivity contribution in [3.05, 3.63) is 98.9 Å². The molecule has 1 aliphatic rings. The van der Waals surface area contributed by atoms with E-state index in [1.54, 1.807) is 36.4 Å². The van der Waals surface area contributed by atoms with Crippen LogP contribution in [0.5, 0.6) is 0 Å². The Hall–Kier alpha value is -3.02. The molecular weight excluding hydrogens is 425 g/mol. The monoisotopic (exact) mass is 441 g/mol. The predicted octanol–water partition coefficient (Wildman–Crippen LogP) is 5.52. The summed E-state index contributed by atoms with van der Waals surface area (Å²) in [5.41, 5.74) is 1.90. The van der Waals surface area contributed by atoms with Gasteiger partial charge in [-0.25, -0.2) is 0 Å². The van der Waals surface area contributed by atoms with E-state index in [2.05, 4.69) is 0 Å². The van der Waals surface area contributed by atoms with Gasteiger partial charge in [0.05, 0.1) is 24.4 Å². The molecule has 2 aromatic carbocycles. The fraction of sp³-hybridized carbons (Fsp3) is 0.130. The second-order valence-electron chi connectivity index (χ2n) is 7.04. The van der Waals surface area contributed by atoms with Crippen molar-refractivity contribution in [2.75, 3.05) is 0 Å². The van der Waals surface area contributed by atoms with Crippen molar-refractivity contribution in [3.8, 4) is 0 Å². The maximum atomic E-state index is 13.0. The summed E-state index contributed by atoms with van der Waals surface area (Å²) in [6.45, 7) is 1.96. The molecule has 0 aliphatic carbocycles. The third kappa shape index (κ3) is 3.62. The average molecular weight is 442 g/mol. The number of halogens is 2. The molecule has 1 atom stereocenters. The molecule has 152 valence electrons. The molecule has 0 saturated carbocycles. The Balaban J connectivity index is 1.90. The molecule has 1 aliphatic heterocycles. The number of carbonyl (C=O) groups is 2. The number of carbonyl (C=O) groups excluding carboxylic acids is 2. The number of aliphatic hydroxyl groups excluding tert-OH is 1. The van der Waals surface area contributed by atoms with Gasteiger partial charge in [-0.3, -0.25) is 9.59 Å². The minimum atomic E-state index is -0.888. The highest BCUT2D eigenvalue weighted by Crippen LogP contribution is 2.43. The van der Waals surface area contributed by atoms with Gasteiger partial charge in [-0.15, -0.1) is 0 Å². The summed E-state index contributed by atoms with van der Waals surface area (Å²) in [6, 6.07) is 14.4. The van der Waals surface area contributed by atoms with E-state index in [9.17, 15) is 14.7 Å². The first-order valence-corrected chi connectivity index (χ1v) is 9.95. The Morgan fingerprint density at radius 1 is 1.10 bits per heavy atom. The van der Waals surface area contributed by atoms with Crippen molar-refractivity contribution in [1.29, 1.82) is 0 Å². The first-order valence-electron chi connectivity index (χ1n) is 9.19. The number of benzene rings is 2. The van der Waals surface area contributed by atoms with E-state index in [1.807, 2.05) is 19.1 Å². The summed E-state index contributed by atoms with van der Waals surface area (Å²) in [4.78, 5) is 27.2. The second-order valence-corrected chi connectivity index (χ2v) is 7.88. The van der Waals surface area contributed by atoms with E-state index < -0.39 is 17.7 Å². The van der Waals surface area contributed by atoms with Gasteiger partial charge in [0, 0.05) is 15.6 Å². The minimum Gasteiger partial charge on any atom is -0.507 e. The van der Waals surface area contributed by atoms with E-state index in [1.165, 1.54) is 17.2 Å².